The second kappa shape index (κ2) is 7.20. The minimum Gasteiger partial charge on any atom is -0.480 e. The summed E-state index contributed by atoms with van der Waals surface area (Å²) >= 11 is 0. The van der Waals surface area contributed by atoms with Gasteiger partial charge >= 0.3 is 5.97 Å². The molecule has 24 heavy (non-hydrogen) atoms. The highest BCUT2D eigenvalue weighted by Crippen LogP contribution is 2.18. The Morgan fingerprint density at radius 3 is 2.62 bits per heavy atom. The molecule has 2 N–H and O–H groups in total. The summed E-state index contributed by atoms with van der Waals surface area (Å²) in [6, 6.07) is 4.77. The summed E-state index contributed by atoms with van der Waals surface area (Å²) in [6.07, 6.45) is 0.239. The third kappa shape index (κ3) is 3.76. The van der Waals surface area contributed by atoms with Gasteiger partial charge in [0.2, 0.25) is 5.82 Å². The van der Waals surface area contributed by atoms with E-state index in [1.165, 1.54) is 22.9 Å². The minimum absolute atomic E-state index is 0.0660. The fraction of sp³-hybridized carbons (Fsp3) is 0.375. The molecule has 0 aliphatic heterocycles. The summed E-state index contributed by atoms with van der Waals surface area (Å²) in [5, 5.41) is 15.5. The SMILES string of the molecule is CCC(NC(=O)c1nc(C(C)C)n(-c2cccc(F)c2)n1)C(=O)O. The molecule has 0 bridgehead atoms. The minimum atomic E-state index is -1.13. The molecule has 0 spiro atoms. The molecule has 2 aromatic rings. The molecule has 1 aromatic carbocycles. The summed E-state index contributed by atoms with van der Waals surface area (Å²) in [5.74, 6) is -1.97. The van der Waals surface area contributed by atoms with Gasteiger partial charge in [-0.05, 0) is 24.6 Å². The highest BCUT2D eigenvalue weighted by Gasteiger charge is 2.24. The molecule has 1 aromatic heterocycles. The number of nitrogens with zero attached hydrogens (tertiary/aromatic N) is 3. The lowest BCUT2D eigenvalue weighted by atomic mass is 10.2. The number of rotatable bonds is 6. The molecular formula is C16H19FN4O3. The number of carbonyl (C=O) groups excluding carboxylic acids is 1. The highest BCUT2D eigenvalue weighted by molar-refractivity contribution is 5.93. The third-order valence-electron chi connectivity index (χ3n) is 3.42. The van der Waals surface area contributed by atoms with E-state index >= 15 is 0 Å². The van der Waals surface area contributed by atoms with E-state index < -0.39 is 23.7 Å². The van der Waals surface area contributed by atoms with Crippen LogP contribution in [0.25, 0.3) is 5.69 Å². The van der Waals surface area contributed by atoms with E-state index in [2.05, 4.69) is 15.4 Å². The second-order valence-corrected chi connectivity index (χ2v) is 5.61. The van der Waals surface area contributed by atoms with Gasteiger partial charge in [-0.1, -0.05) is 26.8 Å². The molecule has 0 saturated carbocycles. The van der Waals surface area contributed by atoms with E-state index in [1.807, 2.05) is 13.8 Å². The van der Waals surface area contributed by atoms with Crippen molar-refractivity contribution in [3.05, 3.63) is 41.7 Å². The van der Waals surface area contributed by atoms with Crippen molar-refractivity contribution in [1.82, 2.24) is 20.1 Å². The first-order valence-electron chi connectivity index (χ1n) is 7.60. The van der Waals surface area contributed by atoms with Crippen molar-refractivity contribution in [2.75, 3.05) is 0 Å². The van der Waals surface area contributed by atoms with Crippen LogP contribution in [0.5, 0.6) is 0 Å². The standard InChI is InChI=1S/C16H19FN4O3/c1-4-12(16(23)24)18-15(22)13-19-14(9(2)3)21(20-13)11-7-5-6-10(17)8-11/h5-9,12H,4H2,1-3H3,(H,18,22)(H,23,24). The van der Waals surface area contributed by atoms with Crippen molar-refractivity contribution < 1.29 is 19.1 Å². The average Bonchev–Trinajstić information content (AvgIpc) is 2.97. The maximum Gasteiger partial charge on any atom is 0.326 e. The molecule has 1 unspecified atom stereocenters. The molecule has 1 atom stereocenters. The Kier molecular flexibility index (Phi) is 5.28. The number of carbonyl (C=O) groups is 2. The molecule has 0 radical (unpaired) electrons. The van der Waals surface area contributed by atoms with Crippen LogP contribution in [0.2, 0.25) is 0 Å². The number of halogens is 1. The average molecular weight is 334 g/mol. The van der Waals surface area contributed by atoms with Gasteiger partial charge in [-0.15, -0.1) is 5.10 Å². The van der Waals surface area contributed by atoms with Gasteiger partial charge < -0.3 is 10.4 Å². The normalized spacial score (nSPS) is 12.2. The smallest absolute Gasteiger partial charge is 0.326 e. The largest absolute Gasteiger partial charge is 0.480 e. The molecule has 0 fully saturated rings. The van der Waals surface area contributed by atoms with Crippen LogP contribution in [0.4, 0.5) is 4.39 Å². The topological polar surface area (TPSA) is 97.1 Å². The van der Waals surface area contributed by atoms with Crippen LogP contribution in [0.15, 0.2) is 24.3 Å². The molecule has 8 heteroatoms. The van der Waals surface area contributed by atoms with Gasteiger partial charge in [0.25, 0.3) is 5.91 Å². The van der Waals surface area contributed by atoms with E-state index in [0.717, 1.165) is 0 Å². The summed E-state index contributed by atoms with van der Waals surface area (Å²) < 4.78 is 14.8. The summed E-state index contributed by atoms with van der Waals surface area (Å²) in [4.78, 5) is 27.4. The Labute approximate surface area is 138 Å². The van der Waals surface area contributed by atoms with Crippen LogP contribution in [-0.2, 0) is 4.79 Å². The Balaban J connectivity index is 2.38. The molecule has 0 aliphatic rings. The van der Waals surface area contributed by atoms with Crippen LogP contribution in [0.1, 0.15) is 49.6 Å². The molecule has 7 nitrogen and oxygen atoms in total. The summed E-state index contributed by atoms with van der Waals surface area (Å²) in [5.41, 5.74) is 0.440. The quantitative estimate of drug-likeness (QED) is 0.843. The zero-order valence-electron chi connectivity index (χ0n) is 13.7. The highest BCUT2D eigenvalue weighted by atomic mass is 19.1. The first-order chi connectivity index (χ1) is 11.3. The van der Waals surface area contributed by atoms with Crippen LogP contribution >= 0.6 is 0 Å². The molecule has 1 heterocycles. The Morgan fingerprint density at radius 2 is 2.08 bits per heavy atom. The Bertz CT molecular complexity index is 758. The summed E-state index contributed by atoms with van der Waals surface area (Å²) in [7, 11) is 0. The maximum absolute atomic E-state index is 13.5. The zero-order valence-corrected chi connectivity index (χ0v) is 13.7. The molecule has 128 valence electrons. The molecule has 2 rings (SSSR count). The van der Waals surface area contributed by atoms with E-state index in [1.54, 1.807) is 13.0 Å². The van der Waals surface area contributed by atoms with Gasteiger partial charge in [0.1, 0.15) is 17.7 Å². The molecule has 0 aliphatic carbocycles. The van der Waals surface area contributed by atoms with Gasteiger partial charge in [-0.2, -0.15) is 0 Å². The fourth-order valence-corrected chi connectivity index (χ4v) is 2.15. The van der Waals surface area contributed by atoms with Gasteiger partial charge in [-0.3, -0.25) is 4.79 Å². The summed E-state index contributed by atoms with van der Waals surface area (Å²) in [6.45, 7) is 5.39. The van der Waals surface area contributed by atoms with Gasteiger partial charge in [0.15, 0.2) is 0 Å². The van der Waals surface area contributed by atoms with Crippen LogP contribution in [-0.4, -0.2) is 37.8 Å². The number of carboxylic acid groups (broad SMARTS) is 1. The predicted octanol–water partition coefficient (Wildman–Crippen LogP) is 2.12. The molecule has 0 saturated heterocycles. The first-order valence-corrected chi connectivity index (χ1v) is 7.60. The number of hydrogen-bond acceptors (Lipinski definition) is 4. The second-order valence-electron chi connectivity index (χ2n) is 5.61. The zero-order chi connectivity index (χ0) is 17.9. The number of nitrogens with one attached hydrogen (secondary N) is 1. The van der Waals surface area contributed by atoms with Gasteiger partial charge in [0.05, 0.1) is 5.69 Å². The first kappa shape index (κ1) is 17.6. The van der Waals surface area contributed by atoms with Crippen molar-refractivity contribution in [1.29, 1.82) is 0 Å². The van der Waals surface area contributed by atoms with Crippen molar-refractivity contribution in [2.24, 2.45) is 0 Å². The monoisotopic (exact) mass is 334 g/mol. The van der Waals surface area contributed by atoms with Gasteiger partial charge in [-0.25, -0.2) is 18.9 Å². The molecule has 1 amide bonds. The van der Waals surface area contributed by atoms with E-state index in [9.17, 15) is 14.0 Å². The number of amides is 1. The van der Waals surface area contributed by atoms with Crippen LogP contribution < -0.4 is 5.32 Å². The number of benzene rings is 1. The number of hydrogen-bond donors (Lipinski definition) is 2. The lowest BCUT2D eigenvalue weighted by molar-refractivity contribution is -0.139. The van der Waals surface area contributed by atoms with Crippen LogP contribution in [0.3, 0.4) is 0 Å². The third-order valence-corrected chi connectivity index (χ3v) is 3.42. The number of aliphatic carboxylic acids is 1. The van der Waals surface area contributed by atoms with Crippen molar-refractivity contribution >= 4 is 11.9 Å². The van der Waals surface area contributed by atoms with Gasteiger partial charge in [0, 0.05) is 5.92 Å². The maximum atomic E-state index is 13.5. The van der Waals surface area contributed by atoms with Crippen LogP contribution in [0, 0.1) is 5.82 Å². The lowest BCUT2D eigenvalue weighted by Crippen LogP contribution is -2.40. The Hall–Kier alpha value is -2.77. The number of carboxylic acids is 1. The van der Waals surface area contributed by atoms with E-state index in [0.29, 0.717) is 11.5 Å². The predicted molar refractivity (Wildman–Crippen MR) is 84.6 cm³/mol. The van der Waals surface area contributed by atoms with E-state index in [-0.39, 0.29) is 18.2 Å². The molecular weight excluding hydrogens is 315 g/mol. The lowest BCUT2D eigenvalue weighted by Gasteiger charge is -2.09. The van der Waals surface area contributed by atoms with Crippen molar-refractivity contribution in [3.63, 3.8) is 0 Å². The van der Waals surface area contributed by atoms with E-state index in [4.69, 9.17) is 5.11 Å². The van der Waals surface area contributed by atoms with Crippen molar-refractivity contribution in [3.8, 4) is 5.69 Å². The Morgan fingerprint density at radius 1 is 1.38 bits per heavy atom. The number of aromatic nitrogens is 3. The van der Waals surface area contributed by atoms with Crippen molar-refractivity contribution in [2.45, 2.75) is 39.2 Å². The fourth-order valence-electron chi connectivity index (χ4n) is 2.15.